The first-order chi connectivity index (χ1) is 7.63. The molecule has 3 nitrogen and oxygen atoms in total. The Labute approximate surface area is 93.8 Å². The average Bonchev–Trinajstić information content (AvgIpc) is 2.55. The summed E-state index contributed by atoms with van der Waals surface area (Å²) in [6.45, 7) is 4.46. The number of carbonyl (C=O) groups excluding carboxylic acids is 1. The fourth-order valence-corrected chi connectivity index (χ4v) is 2.02. The SMILES string of the molecule is CCN1C(=O)O[C@H](c2ccc(F)cc2)[C@H]1C. The third-order valence-electron chi connectivity index (χ3n) is 2.93. The van der Waals surface area contributed by atoms with Gasteiger partial charge >= 0.3 is 6.09 Å². The minimum Gasteiger partial charge on any atom is -0.439 e. The molecule has 0 aliphatic carbocycles. The van der Waals surface area contributed by atoms with E-state index in [0.29, 0.717) is 6.54 Å². The lowest BCUT2D eigenvalue weighted by Crippen LogP contribution is -2.31. The molecule has 86 valence electrons. The van der Waals surface area contributed by atoms with Crippen molar-refractivity contribution in [1.29, 1.82) is 0 Å². The summed E-state index contributed by atoms with van der Waals surface area (Å²) in [6.07, 6.45) is -0.600. The van der Waals surface area contributed by atoms with Gasteiger partial charge in [0, 0.05) is 6.54 Å². The summed E-state index contributed by atoms with van der Waals surface area (Å²) in [5, 5.41) is 0. The number of rotatable bonds is 2. The number of amides is 1. The van der Waals surface area contributed by atoms with Gasteiger partial charge in [-0.2, -0.15) is 0 Å². The zero-order valence-corrected chi connectivity index (χ0v) is 9.31. The molecule has 0 spiro atoms. The maximum atomic E-state index is 12.8. The predicted molar refractivity (Wildman–Crippen MR) is 57.5 cm³/mol. The molecule has 0 saturated carbocycles. The standard InChI is InChI=1S/C12H14FNO2/c1-3-14-8(2)11(16-12(14)15)9-4-6-10(13)7-5-9/h4-8,11H,3H2,1-2H3/t8-,11+/m1/s1. The van der Waals surface area contributed by atoms with E-state index in [-0.39, 0.29) is 24.1 Å². The van der Waals surface area contributed by atoms with Crippen LogP contribution < -0.4 is 0 Å². The second-order valence-corrected chi connectivity index (χ2v) is 3.88. The highest BCUT2D eigenvalue weighted by molar-refractivity contribution is 5.70. The fraction of sp³-hybridized carbons (Fsp3) is 0.417. The first kappa shape index (κ1) is 10.9. The van der Waals surface area contributed by atoms with Gasteiger partial charge in [-0.15, -0.1) is 0 Å². The molecule has 0 aromatic heterocycles. The van der Waals surface area contributed by atoms with E-state index in [4.69, 9.17) is 4.74 Å². The molecule has 0 N–H and O–H groups in total. The molecule has 0 bridgehead atoms. The summed E-state index contributed by atoms with van der Waals surface area (Å²) < 4.78 is 18.0. The maximum Gasteiger partial charge on any atom is 0.410 e. The maximum absolute atomic E-state index is 12.8. The third kappa shape index (κ3) is 1.75. The smallest absolute Gasteiger partial charge is 0.410 e. The average molecular weight is 223 g/mol. The molecule has 0 radical (unpaired) electrons. The first-order valence-electron chi connectivity index (χ1n) is 5.36. The molecule has 1 aliphatic rings. The van der Waals surface area contributed by atoms with Crippen molar-refractivity contribution >= 4 is 6.09 Å². The lowest BCUT2D eigenvalue weighted by atomic mass is 10.0. The lowest BCUT2D eigenvalue weighted by Gasteiger charge is -2.18. The van der Waals surface area contributed by atoms with Crippen molar-refractivity contribution in [3.8, 4) is 0 Å². The van der Waals surface area contributed by atoms with Crippen LogP contribution in [0.4, 0.5) is 9.18 Å². The van der Waals surface area contributed by atoms with Gasteiger partial charge in [-0.1, -0.05) is 12.1 Å². The Morgan fingerprint density at radius 1 is 1.38 bits per heavy atom. The quantitative estimate of drug-likeness (QED) is 0.771. The monoisotopic (exact) mass is 223 g/mol. The Morgan fingerprint density at radius 2 is 2.00 bits per heavy atom. The Morgan fingerprint density at radius 3 is 2.50 bits per heavy atom. The van der Waals surface area contributed by atoms with Crippen molar-refractivity contribution in [2.75, 3.05) is 6.54 Å². The Bertz CT molecular complexity index is 391. The van der Waals surface area contributed by atoms with Crippen LogP contribution >= 0.6 is 0 Å². The first-order valence-corrected chi connectivity index (χ1v) is 5.36. The third-order valence-corrected chi connectivity index (χ3v) is 2.93. The van der Waals surface area contributed by atoms with Crippen molar-refractivity contribution in [2.45, 2.75) is 26.0 Å². The van der Waals surface area contributed by atoms with Crippen molar-refractivity contribution in [1.82, 2.24) is 4.90 Å². The zero-order valence-electron chi connectivity index (χ0n) is 9.31. The molecule has 1 heterocycles. The number of likely N-dealkylation sites (N-methyl/N-ethyl adjacent to an activating group) is 1. The Kier molecular flexibility index (Phi) is 2.81. The highest BCUT2D eigenvalue weighted by Crippen LogP contribution is 2.31. The Balaban J connectivity index is 2.23. The van der Waals surface area contributed by atoms with Crippen LogP contribution in [0.5, 0.6) is 0 Å². The lowest BCUT2D eigenvalue weighted by molar-refractivity contribution is 0.131. The highest BCUT2D eigenvalue weighted by atomic mass is 19.1. The van der Waals surface area contributed by atoms with Crippen LogP contribution in [0.25, 0.3) is 0 Å². The van der Waals surface area contributed by atoms with Crippen LogP contribution in [0.3, 0.4) is 0 Å². The summed E-state index contributed by atoms with van der Waals surface area (Å²) >= 11 is 0. The van der Waals surface area contributed by atoms with Crippen LogP contribution in [0, 0.1) is 5.82 Å². The van der Waals surface area contributed by atoms with E-state index in [1.807, 2.05) is 13.8 Å². The predicted octanol–water partition coefficient (Wildman–Crippen LogP) is 2.73. The molecule has 4 heteroatoms. The summed E-state index contributed by atoms with van der Waals surface area (Å²) in [5.41, 5.74) is 0.832. The fourth-order valence-electron chi connectivity index (χ4n) is 2.02. The van der Waals surface area contributed by atoms with Crippen LogP contribution in [0.2, 0.25) is 0 Å². The molecule has 2 atom stereocenters. The molecule has 1 fully saturated rings. The molecular formula is C12H14FNO2. The second-order valence-electron chi connectivity index (χ2n) is 3.88. The summed E-state index contributed by atoms with van der Waals surface area (Å²) in [7, 11) is 0. The number of nitrogens with zero attached hydrogens (tertiary/aromatic N) is 1. The van der Waals surface area contributed by atoms with E-state index in [1.165, 1.54) is 12.1 Å². The molecule has 1 aromatic rings. The van der Waals surface area contributed by atoms with Gasteiger partial charge in [0.15, 0.2) is 0 Å². The molecule has 1 aromatic carbocycles. The minimum absolute atomic E-state index is 0.0111. The van der Waals surface area contributed by atoms with Gasteiger partial charge in [0.25, 0.3) is 0 Å². The largest absolute Gasteiger partial charge is 0.439 e. The van der Waals surface area contributed by atoms with Crippen LogP contribution in [0.1, 0.15) is 25.5 Å². The van der Waals surface area contributed by atoms with E-state index in [0.717, 1.165) is 5.56 Å². The summed E-state index contributed by atoms with van der Waals surface area (Å²) in [6, 6.07) is 6.06. The van der Waals surface area contributed by atoms with Gasteiger partial charge in [-0.3, -0.25) is 0 Å². The number of halogens is 1. The van der Waals surface area contributed by atoms with Crippen LogP contribution in [-0.2, 0) is 4.74 Å². The molecule has 1 aliphatic heterocycles. The van der Waals surface area contributed by atoms with Crippen LogP contribution in [-0.4, -0.2) is 23.6 Å². The second kappa shape index (κ2) is 4.12. The van der Waals surface area contributed by atoms with E-state index < -0.39 is 0 Å². The Hall–Kier alpha value is -1.58. The van der Waals surface area contributed by atoms with Gasteiger partial charge in [0.1, 0.15) is 11.9 Å². The zero-order chi connectivity index (χ0) is 11.7. The van der Waals surface area contributed by atoms with Crippen LogP contribution in [0.15, 0.2) is 24.3 Å². The topological polar surface area (TPSA) is 29.5 Å². The van der Waals surface area contributed by atoms with E-state index in [2.05, 4.69) is 0 Å². The number of carbonyl (C=O) groups is 1. The van der Waals surface area contributed by atoms with Gasteiger partial charge in [-0.25, -0.2) is 9.18 Å². The van der Waals surface area contributed by atoms with Crippen molar-refractivity contribution in [3.05, 3.63) is 35.6 Å². The van der Waals surface area contributed by atoms with E-state index in [9.17, 15) is 9.18 Å². The summed E-state index contributed by atoms with van der Waals surface area (Å²) in [5.74, 6) is -0.284. The van der Waals surface area contributed by atoms with Gasteiger partial charge < -0.3 is 9.64 Å². The molecule has 1 amide bonds. The van der Waals surface area contributed by atoms with Gasteiger partial charge in [0.05, 0.1) is 6.04 Å². The minimum atomic E-state index is -0.302. The molecular weight excluding hydrogens is 209 g/mol. The number of benzene rings is 1. The normalized spacial score (nSPS) is 24.7. The molecule has 1 saturated heterocycles. The number of cyclic esters (lactones) is 1. The van der Waals surface area contributed by atoms with E-state index in [1.54, 1.807) is 17.0 Å². The van der Waals surface area contributed by atoms with Gasteiger partial charge in [-0.05, 0) is 31.5 Å². The molecule has 0 unspecified atom stereocenters. The summed E-state index contributed by atoms with van der Waals surface area (Å²) in [4.78, 5) is 13.2. The number of hydrogen-bond donors (Lipinski definition) is 0. The van der Waals surface area contributed by atoms with E-state index >= 15 is 0 Å². The number of hydrogen-bond acceptors (Lipinski definition) is 2. The number of ether oxygens (including phenoxy) is 1. The van der Waals surface area contributed by atoms with Crippen molar-refractivity contribution in [3.63, 3.8) is 0 Å². The van der Waals surface area contributed by atoms with Gasteiger partial charge in [0.2, 0.25) is 0 Å². The highest BCUT2D eigenvalue weighted by Gasteiger charge is 2.38. The molecule has 2 rings (SSSR count). The van der Waals surface area contributed by atoms with Crippen molar-refractivity contribution in [2.24, 2.45) is 0 Å². The van der Waals surface area contributed by atoms with Crippen molar-refractivity contribution < 1.29 is 13.9 Å². The molecule has 16 heavy (non-hydrogen) atoms.